The van der Waals surface area contributed by atoms with Crippen molar-refractivity contribution < 1.29 is 43.2 Å². The fraction of sp³-hybridized carbons (Fsp3) is 0.490. The van der Waals surface area contributed by atoms with Crippen molar-refractivity contribution in [1.29, 1.82) is 0 Å². The lowest BCUT2D eigenvalue weighted by Crippen LogP contribution is -2.59. The van der Waals surface area contributed by atoms with Crippen LogP contribution >= 0.6 is 23.4 Å². The van der Waals surface area contributed by atoms with E-state index in [4.69, 9.17) is 28.8 Å². The molecule has 2 aromatic heterocycles. The number of halogens is 1. The first-order valence-corrected chi connectivity index (χ1v) is 26.6. The summed E-state index contributed by atoms with van der Waals surface area (Å²) in [7, 11) is 0. The molecule has 23 nitrogen and oxygen atoms in total. The van der Waals surface area contributed by atoms with Gasteiger partial charge >= 0.3 is 0 Å². The number of aromatic amines is 2. The van der Waals surface area contributed by atoms with E-state index in [-0.39, 0.29) is 44.1 Å². The van der Waals surface area contributed by atoms with E-state index in [2.05, 4.69) is 52.2 Å². The number of amides is 9. The van der Waals surface area contributed by atoms with Crippen LogP contribution in [0.4, 0.5) is 0 Å². The number of nitrogens with zero attached hydrogens (tertiary/aromatic N) is 2. The Balaban J connectivity index is 1.24. The average Bonchev–Trinajstić information content (AvgIpc) is 4.16. The maximum atomic E-state index is 14.2. The van der Waals surface area contributed by atoms with Gasteiger partial charge in [-0.15, -0.1) is 11.8 Å². The van der Waals surface area contributed by atoms with E-state index < -0.39 is 108 Å². The lowest BCUT2D eigenvalue weighted by atomic mass is 10.0. The van der Waals surface area contributed by atoms with Crippen molar-refractivity contribution in [1.82, 2.24) is 57.1 Å². The summed E-state index contributed by atoms with van der Waals surface area (Å²) in [6.45, 7) is 8.53. The quantitative estimate of drug-likeness (QED) is 0.0335. The number of imidazole rings is 1. The number of fused-ring (bicyclic) bond motifs is 1. The van der Waals surface area contributed by atoms with E-state index in [1.807, 2.05) is 36.9 Å². The molecule has 0 saturated carbocycles. The lowest BCUT2D eigenvalue weighted by Gasteiger charge is -2.30. The molecule has 412 valence electrons. The Labute approximate surface area is 450 Å². The third kappa shape index (κ3) is 18.1. The number of H-pyrrole nitrogens is 2. The molecule has 15 N–H and O–H groups in total. The van der Waals surface area contributed by atoms with Crippen molar-refractivity contribution >= 4 is 87.4 Å². The molecular formula is C51H71ClN14O9S. The highest BCUT2D eigenvalue weighted by Gasteiger charge is 2.35. The second kappa shape index (κ2) is 28.8. The van der Waals surface area contributed by atoms with Crippen molar-refractivity contribution in [3.8, 4) is 0 Å². The van der Waals surface area contributed by atoms with Gasteiger partial charge in [0.1, 0.15) is 30.2 Å². The van der Waals surface area contributed by atoms with Crippen LogP contribution in [0.2, 0.25) is 5.02 Å². The summed E-state index contributed by atoms with van der Waals surface area (Å²) in [4.78, 5) is 133. The Morgan fingerprint density at radius 2 is 1.42 bits per heavy atom. The van der Waals surface area contributed by atoms with E-state index in [0.29, 0.717) is 46.4 Å². The molecule has 0 aliphatic carbocycles. The van der Waals surface area contributed by atoms with Gasteiger partial charge in [0.05, 0.1) is 25.0 Å². The summed E-state index contributed by atoms with van der Waals surface area (Å²) in [6, 6.07) is 5.77. The van der Waals surface area contributed by atoms with E-state index in [0.717, 1.165) is 10.9 Å². The van der Waals surface area contributed by atoms with Crippen molar-refractivity contribution in [2.75, 3.05) is 24.7 Å². The Morgan fingerprint density at radius 1 is 0.750 bits per heavy atom. The number of nitrogens with two attached hydrogens (primary N) is 3. The lowest BCUT2D eigenvalue weighted by molar-refractivity contribution is -0.135. The van der Waals surface area contributed by atoms with Crippen LogP contribution in [0, 0.1) is 11.8 Å². The average molecular weight is 1090 g/mol. The molecule has 76 heavy (non-hydrogen) atoms. The van der Waals surface area contributed by atoms with Gasteiger partial charge in [0.2, 0.25) is 53.2 Å². The summed E-state index contributed by atoms with van der Waals surface area (Å²) in [5, 5.41) is 20.0. The molecule has 1 saturated heterocycles. The van der Waals surface area contributed by atoms with Crippen LogP contribution in [-0.4, -0.2) is 146 Å². The first kappa shape index (κ1) is 59.9. The number of benzene rings is 2. The topological polar surface area (TPSA) is 364 Å². The van der Waals surface area contributed by atoms with Gasteiger partial charge in [0.25, 0.3) is 0 Å². The molecule has 1 fully saturated rings. The number of nitrogens with one attached hydrogen (secondary N) is 9. The molecule has 5 rings (SSSR count). The number of para-hydroxylation sites is 1. The number of carbonyl (C=O) groups excluding carboxylic acids is 9. The van der Waals surface area contributed by atoms with Gasteiger partial charge in [-0.1, -0.05) is 75.7 Å². The zero-order valence-corrected chi connectivity index (χ0v) is 44.9. The Hall–Kier alpha value is -7.02. The number of thioether (sulfide) groups is 1. The Bertz CT molecular complexity index is 2670. The highest BCUT2D eigenvalue weighted by molar-refractivity contribution is 7.99. The van der Waals surface area contributed by atoms with Crippen LogP contribution in [0.5, 0.6) is 0 Å². The number of rotatable bonds is 29. The second-order valence-electron chi connectivity index (χ2n) is 19.7. The van der Waals surface area contributed by atoms with Gasteiger partial charge in [-0.25, -0.2) is 4.98 Å². The highest BCUT2D eigenvalue weighted by Crippen LogP contribution is 2.23. The van der Waals surface area contributed by atoms with Gasteiger partial charge in [-0.05, 0) is 61.3 Å². The van der Waals surface area contributed by atoms with Crippen LogP contribution in [0.3, 0.4) is 0 Å². The molecule has 0 bridgehead atoms. The third-order valence-corrected chi connectivity index (χ3v) is 14.1. The largest absolute Gasteiger partial charge is 0.370 e. The van der Waals surface area contributed by atoms with Crippen LogP contribution in [0.25, 0.3) is 10.9 Å². The highest BCUT2D eigenvalue weighted by atomic mass is 35.5. The SMILES string of the molecule is CC(C)C[C@@H](CN1CSC[C@H]1C(N)=O)NC(=O)[C@H](Cc1cnc[nH]1)NC(=O)CNC(=O)[C@@H](NC(=O)[C@H](C)NC(=O)[C@H](Cc1c[nH]c2ccccc12)NC(=O)[C@H](CCC(N)=O)NC(=O)[C@H](N)Cc1ccccc1Cl)C(C)C. The summed E-state index contributed by atoms with van der Waals surface area (Å²) in [6.07, 6.45) is 4.67. The predicted octanol–water partition coefficient (Wildman–Crippen LogP) is -0.228. The minimum absolute atomic E-state index is 0.0330. The van der Waals surface area contributed by atoms with Gasteiger partial charge < -0.3 is 64.4 Å². The van der Waals surface area contributed by atoms with E-state index in [1.165, 1.54) is 19.4 Å². The molecule has 1 aliphatic rings. The standard InChI is InChI=1S/C51H71ClN14O9S/c1-27(2)16-33(23-66-26-76-24-41(66)45(55)69)61-50(74)40(19-32-21-56-25-59-32)62-43(68)22-58-51(75)44(28(3)4)65-46(70)29(5)60-49(73)39(18-31-20-57-37-13-9-7-11-34(31)37)64-48(72)38(14-15-42(54)67)63-47(71)36(53)17-30-10-6-8-12-35(30)52/h6-13,20-21,25,27-29,33,36,38-41,44,57H,14-19,22-24,26,53H2,1-5H3,(H2,54,67)(H2,55,69)(H,56,59)(H,58,75)(H,60,73)(H,61,74)(H,62,68)(H,63,71)(H,64,72)(H,65,70)/t29-,33-,36+,38-,39-,40-,41-,44-/m0/s1. The van der Waals surface area contributed by atoms with Crippen molar-refractivity contribution in [2.45, 2.75) is 121 Å². The first-order valence-electron chi connectivity index (χ1n) is 25.1. The van der Waals surface area contributed by atoms with Crippen molar-refractivity contribution in [3.05, 3.63) is 89.1 Å². The number of hydrogen-bond acceptors (Lipinski definition) is 13. The van der Waals surface area contributed by atoms with Gasteiger partial charge in [-0.3, -0.25) is 48.1 Å². The van der Waals surface area contributed by atoms with Crippen LogP contribution in [0.1, 0.15) is 70.7 Å². The van der Waals surface area contributed by atoms with Crippen LogP contribution in [0.15, 0.2) is 67.3 Å². The number of primary amides is 2. The van der Waals surface area contributed by atoms with Gasteiger partial charge in [-0.2, -0.15) is 0 Å². The first-order chi connectivity index (χ1) is 36.1. The molecule has 3 heterocycles. The molecule has 8 atom stereocenters. The maximum absolute atomic E-state index is 14.2. The summed E-state index contributed by atoms with van der Waals surface area (Å²) in [5.41, 5.74) is 19.9. The monoisotopic (exact) mass is 1090 g/mol. The minimum atomic E-state index is -1.37. The van der Waals surface area contributed by atoms with Crippen LogP contribution < -0.4 is 54.4 Å². The minimum Gasteiger partial charge on any atom is -0.370 e. The molecule has 2 aromatic carbocycles. The Kier molecular flexibility index (Phi) is 22.6. The molecule has 0 radical (unpaired) electrons. The zero-order valence-electron chi connectivity index (χ0n) is 43.3. The fourth-order valence-corrected chi connectivity index (χ4v) is 10.1. The van der Waals surface area contributed by atoms with Gasteiger partial charge in [0, 0.05) is 77.5 Å². The fourth-order valence-electron chi connectivity index (χ4n) is 8.62. The van der Waals surface area contributed by atoms with Crippen molar-refractivity contribution in [2.24, 2.45) is 29.0 Å². The summed E-state index contributed by atoms with van der Waals surface area (Å²) >= 11 is 7.86. The summed E-state index contributed by atoms with van der Waals surface area (Å²) in [5.74, 6) is -5.46. The van der Waals surface area contributed by atoms with Crippen LogP contribution in [-0.2, 0) is 62.4 Å². The number of aromatic nitrogens is 3. The molecule has 1 aliphatic heterocycles. The number of hydrogen-bond donors (Lipinski definition) is 12. The predicted molar refractivity (Wildman–Crippen MR) is 287 cm³/mol. The molecule has 9 amide bonds. The molecule has 0 unspecified atom stereocenters. The number of carbonyl (C=O) groups is 9. The molecule has 25 heteroatoms. The molecular weight excluding hydrogens is 1020 g/mol. The van der Waals surface area contributed by atoms with E-state index in [9.17, 15) is 43.2 Å². The molecule has 4 aromatic rings. The zero-order chi connectivity index (χ0) is 55.6. The third-order valence-electron chi connectivity index (χ3n) is 12.7. The molecule has 0 spiro atoms. The smallest absolute Gasteiger partial charge is 0.243 e. The van der Waals surface area contributed by atoms with Gasteiger partial charge in [0.15, 0.2) is 0 Å². The maximum Gasteiger partial charge on any atom is 0.243 e. The second-order valence-corrected chi connectivity index (χ2v) is 21.1. The van der Waals surface area contributed by atoms with E-state index >= 15 is 0 Å². The normalized spacial score (nSPS) is 16.4. The Morgan fingerprint density at radius 3 is 2.09 bits per heavy atom. The van der Waals surface area contributed by atoms with E-state index in [1.54, 1.807) is 62.1 Å². The summed E-state index contributed by atoms with van der Waals surface area (Å²) < 4.78 is 0. The van der Waals surface area contributed by atoms with Crippen molar-refractivity contribution in [3.63, 3.8) is 0 Å².